The Kier molecular flexibility index (Phi) is 6.13. The number of aliphatic hydroxyl groups excluding tert-OH is 1. The van der Waals surface area contributed by atoms with E-state index in [-0.39, 0.29) is 25.1 Å². The Morgan fingerprint density at radius 3 is 2.67 bits per heavy atom. The van der Waals surface area contributed by atoms with Crippen LogP contribution in [0.3, 0.4) is 0 Å². The summed E-state index contributed by atoms with van der Waals surface area (Å²) in [5, 5.41) is 8.62. The van der Waals surface area contributed by atoms with Crippen LogP contribution < -0.4 is 5.73 Å². The predicted octanol–water partition coefficient (Wildman–Crippen LogP) is 2.31. The van der Waals surface area contributed by atoms with Crippen molar-refractivity contribution in [3.05, 3.63) is 20.8 Å². The van der Waals surface area contributed by atoms with Crippen LogP contribution in [0.1, 0.15) is 17.3 Å². The van der Waals surface area contributed by atoms with Gasteiger partial charge in [0.1, 0.15) is 0 Å². The third-order valence-corrected chi connectivity index (χ3v) is 3.16. The van der Waals surface area contributed by atoms with Gasteiger partial charge in [0.25, 0.3) is 0 Å². The number of hydrogen-bond donors (Lipinski definition) is 2. The minimum atomic E-state index is -0.0173. The van der Waals surface area contributed by atoms with Crippen molar-refractivity contribution >= 4 is 39.7 Å². The van der Waals surface area contributed by atoms with E-state index in [1.54, 1.807) is 11.3 Å². The monoisotopic (exact) mass is 271 g/mol. The molecule has 0 radical (unpaired) electrons. The molecule has 1 aromatic heterocycles. The second kappa shape index (κ2) is 5.94. The number of rotatable bonds is 3. The van der Waals surface area contributed by atoms with Gasteiger partial charge in [-0.15, -0.1) is 23.7 Å². The standard InChI is InChI=1S/C7H10BrNOS.ClH/c8-7-2-1-6(11-7)5(9)3-4-10;/h1-2,5,10H,3-4,9H2;1H/t5-;/m1./s1. The molecule has 3 N–H and O–H groups in total. The van der Waals surface area contributed by atoms with E-state index >= 15 is 0 Å². The summed E-state index contributed by atoms with van der Waals surface area (Å²) in [7, 11) is 0. The quantitative estimate of drug-likeness (QED) is 0.887. The van der Waals surface area contributed by atoms with Crippen molar-refractivity contribution in [2.45, 2.75) is 12.5 Å². The third-order valence-electron chi connectivity index (χ3n) is 1.40. The number of hydrogen-bond acceptors (Lipinski definition) is 3. The summed E-state index contributed by atoms with van der Waals surface area (Å²) in [4.78, 5) is 1.12. The molecule has 0 saturated heterocycles. The number of aliphatic hydroxyl groups is 1. The van der Waals surface area contributed by atoms with E-state index in [9.17, 15) is 0 Å². The van der Waals surface area contributed by atoms with Gasteiger partial charge in [-0.2, -0.15) is 0 Å². The maximum atomic E-state index is 8.62. The molecule has 0 spiro atoms. The van der Waals surface area contributed by atoms with Gasteiger partial charge in [0.05, 0.1) is 3.79 Å². The summed E-state index contributed by atoms with van der Waals surface area (Å²) < 4.78 is 1.08. The van der Waals surface area contributed by atoms with Gasteiger partial charge >= 0.3 is 0 Å². The fourth-order valence-electron chi connectivity index (χ4n) is 0.809. The Morgan fingerprint density at radius 1 is 1.58 bits per heavy atom. The minimum Gasteiger partial charge on any atom is -0.396 e. The van der Waals surface area contributed by atoms with E-state index in [4.69, 9.17) is 10.8 Å². The summed E-state index contributed by atoms with van der Waals surface area (Å²) >= 11 is 4.97. The summed E-state index contributed by atoms with van der Waals surface area (Å²) in [6, 6.07) is 3.93. The van der Waals surface area contributed by atoms with Crippen LogP contribution in [-0.2, 0) is 0 Å². The zero-order valence-corrected chi connectivity index (χ0v) is 9.58. The molecule has 0 aromatic carbocycles. The fourth-order valence-corrected chi connectivity index (χ4v) is 2.27. The lowest BCUT2D eigenvalue weighted by Crippen LogP contribution is -2.09. The lowest BCUT2D eigenvalue weighted by atomic mass is 10.2. The van der Waals surface area contributed by atoms with E-state index < -0.39 is 0 Å². The third kappa shape index (κ3) is 3.41. The Morgan fingerprint density at radius 2 is 2.25 bits per heavy atom. The van der Waals surface area contributed by atoms with Gasteiger partial charge in [0, 0.05) is 17.5 Å². The molecule has 0 aliphatic heterocycles. The molecular formula is C7H11BrClNOS. The second-order valence-corrected chi connectivity index (χ2v) is 4.76. The van der Waals surface area contributed by atoms with Crippen molar-refractivity contribution in [1.29, 1.82) is 0 Å². The number of halogens is 2. The molecule has 0 bridgehead atoms. The average molecular weight is 273 g/mol. The molecule has 5 heteroatoms. The van der Waals surface area contributed by atoms with Crippen LogP contribution in [0.4, 0.5) is 0 Å². The molecule has 2 nitrogen and oxygen atoms in total. The topological polar surface area (TPSA) is 46.2 Å². The lowest BCUT2D eigenvalue weighted by molar-refractivity contribution is 0.277. The van der Waals surface area contributed by atoms with E-state index in [0.717, 1.165) is 8.66 Å². The number of nitrogens with two attached hydrogens (primary N) is 1. The van der Waals surface area contributed by atoms with Crippen LogP contribution in [0.5, 0.6) is 0 Å². The molecule has 1 aromatic rings. The molecule has 0 amide bonds. The van der Waals surface area contributed by atoms with Crippen LogP contribution in [-0.4, -0.2) is 11.7 Å². The highest BCUT2D eigenvalue weighted by molar-refractivity contribution is 9.11. The van der Waals surface area contributed by atoms with Crippen LogP contribution in [0.25, 0.3) is 0 Å². The zero-order chi connectivity index (χ0) is 8.27. The summed E-state index contributed by atoms with van der Waals surface area (Å²) in [5.41, 5.74) is 5.75. The van der Waals surface area contributed by atoms with Crippen LogP contribution >= 0.6 is 39.7 Å². The first-order valence-electron chi connectivity index (χ1n) is 3.35. The Balaban J connectivity index is 0.00000121. The molecule has 0 aliphatic rings. The van der Waals surface area contributed by atoms with Crippen molar-refractivity contribution in [2.24, 2.45) is 5.73 Å². The first kappa shape index (κ1) is 12.4. The van der Waals surface area contributed by atoms with Gasteiger partial charge in [-0.25, -0.2) is 0 Å². The van der Waals surface area contributed by atoms with Crippen LogP contribution in [0.15, 0.2) is 15.9 Å². The van der Waals surface area contributed by atoms with Gasteiger partial charge in [-0.05, 0) is 34.5 Å². The molecule has 0 aliphatic carbocycles. The molecular weight excluding hydrogens is 262 g/mol. The summed E-state index contributed by atoms with van der Waals surface area (Å²) in [6.45, 7) is 0.149. The van der Waals surface area contributed by atoms with Crippen molar-refractivity contribution in [3.8, 4) is 0 Å². The Labute approximate surface area is 90.3 Å². The first-order valence-corrected chi connectivity index (χ1v) is 4.96. The van der Waals surface area contributed by atoms with Gasteiger partial charge in [0.2, 0.25) is 0 Å². The van der Waals surface area contributed by atoms with E-state index in [1.807, 2.05) is 12.1 Å². The van der Waals surface area contributed by atoms with Gasteiger partial charge in [0.15, 0.2) is 0 Å². The molecule has 70 valence electrons. The molecule has 12 heavy (non-hydrogen) atoms. The maximum Gasteiger partial charge on any atom is 0.0701 e. The molecule has 0 saturated carbocycles. The van der Waals surface area contributed by atoms with Crippen LogP contribution in [0, 0.1) is 0 Å². The second-order valence-electron chi connectivity index (χ2n) is 2.26. The van der Waals surface area contributed by atoms with Gasteiger partial charge in [-0.3, -0.25) is 0 Å². The van der Waals surface area contributed by atoms with Crippen molar-refractivity contribution < 1.29 is 5.11 Å². The summed E-state index contributed by atoms with van der Waals surface area (Å²) in [6.07, 6.45) is 0.632. The molecule has 1 atom stereocenters. The smallest absolute Gasteiger partial charge is 0.0701 e. The normalized spacial score (nSPS) is 12.2. The Hall–Kier alpha value is 0.390. The average Bonchev–Trinajstić information content (AvgIpc) is 2.36. The Bertz CT molecular complexity index is 231. The predicted molar refractivity (Wildman–Crippen MR) is 57.9 cm³/mol. The van der Waals surface area contributed by atoms with Gasteiger partial charge < -0.3 is 10.8 Å². The van der Waals surface area contributed by atoms with Crippen molar-refractivity contribution in [3.63, 3.8) is 0 Å². The molecule has 1 rings (SSSR count). The highest BCUT2D eigenvalue weighted by Gasteiger charge is 2.06. The minimum absolute atomic E-state index is 0. The SMILES string of the molecule is Cl.N[C@H](CCO)c1ccc(Br)s1. The lowest BCUT2D eigenvalue weighted by Gasteiger charge is -2.05. The highest BCUT2D eigenvalue weighted by Crippen LogP contribution is 2.27. The summed E-state index contributed by atoms with van der Waals surface area (Å²) in [5.74, 6) is 0. The largest absolute Gasteiger partial charge is 0.396 e. The highest BCUT2D eigenvalue weighted by atomic mass is 79.9. The fraction of sp³-hybridized carbons (Fsp3) is 0.429. The molecule has 1 heterocycles. The number of thiophene rings is 1. The van der Waals surface area contributed by atoms with E-state index in [0.29, 0.717) is 6.42 Å². The van der Waals surface area contributed by atoms with Crippen LogP contribution in [0.2, 0.25) is 0 Å². The first-order chi connectivity index (χ1) is 5.24. The van der Waals surface area contributed by atoms with Crippen molar-refractivity contribution in [1.82, 2.24) is 0 Å². The van der Waals surface area contributed by atoms with E-state index in [2.05, 4.69) is 15.9 Å². The maximum absolute atomic E-state index is 8.62. The molecule has 0 fully saturated rings. The molecule has 0 unspecified atom stereocenters. The van der Waals surface area contributed by atoms with E-state index in [1.165, 1.54) is 0 Å². The zero-order valence-electron chi connectivity index (χ0n) is 6.37. The van der Waals surface area contributed by atoms with Crippen molar-refractivity contribution in [2.75, 3.05) is 6.61 Å². The van der Waals surface area contributed by atoms with Gasteiger partial charge in [-0.1, -0.05) is 0 Å².